The Balaban J connectivity index is 1.90. The van der Waals surface area contributed by atoms with Gasteiger partial charge >= 0.3 is 6.18 Å². The van der Waals surface area contributed by atoms with Crippen molar-refractivity contribution in [2.45, 2.75) is 19.1 Å². The maximum absolute atomic E-state index is 13.2. The highest BCUT2D eigenvalue weighted by Crippen LogP contribution is 2.19. The molecule has 0 radical (unpaired) electrons. The number of rotatable bonds is 6. The highest BCUT2D eigenvalue weighted by molar-refractivity contribution is 6.31. The zero-order valence-electron chi connectivity index (χ0n) is 12.7. The number of alkyl halides is 3. The predicted octanol–water partition coefficient (Wildman–Crippen LogP) is 3.67. The molecule has 1 aromatic carbocycles. The Morgan fingerprint density at radius 3 is 2.72 bits per heavy atom. The Bertz CT molecular complexity index is 753. The number of carbonyl (C=O) groups is 1. The van der Waals surface area contributed by atoms with Crippen LogP contribution < -0.4 is 10.1 Å². The van der Waals surface area contributed by atoms with E-state index in [-0.39, 0.29) is 23.9 Å². The van der Waals surface area contributed by atoms with Gasteiger partial charge in [0.1, 0.15) is 5.82 Å². The van der Waals surface area contributed by atoms with Crippen LogP contribution in [-0.2, 0) is 17.8 Å². The molecule has 1 amide bonds. The van der Waals surface area contributed by atoms with Crippen molar-refractivity contribution < 1.29 is 27.1 Å². The molecule has 0 fully saturated rings. The van der Waals surface area contributed by atoms with E-state index in [1.807, 2.05) is 0 Å². The summed E-state index contributed by atoms with van der Waals surface area (Å²) in [6.07, 6.45) is -3.31. The topological polar surface area (TPSA) is 51.2 Å². The first-order valence-corrected chi connectivity index (χ1v) is 7.46. The molecule has 0 unspecified atom stereocenters. The summed E-state index contributed by atoms with van der Waals surface area (Å²) in [6, 6.07) is 6.52. The fourth-order valence-corrected chi connectivity index (χ4v) is 2.09. The maximum atomic E-state index is 13.2. The second-order valence-corrected chi connectivity index (χ2v) is 5.50. The van der Waals surface area contributed by atoms with Gasteiger partial charge < -0.3 is 10.1 Å². The molecule has 1 heterocycles. The number of benzene rings is 1. The number of hydrogen-bond donors (Lipinski definition) is 1. The second kappa shape index (κ2) is 8.15. The van der Waals surface area contributed by atoms with E-state index in [2.05, 4.69) is 15.0 Å². The van der Waals surface area contributed by atoms with Gasteiger partial charge in [0, 0.05) is 23.8 Å². The van der Waals surface area contributed by atoms with Crippen LogP contribution in [0.5, 0.6) is 5.88 Å². The summed E-state index contributed by atoms with van der Waals surface area (Å²) in [5.41, 5.74) is 0.842. The maximum Gasteiger partial charge on any atom is 0.422 e. The molecule has 9 heteroatoms. The van der Waals surface area contributed by atoms with Crippen LogP contribution in [0.1, 0.15) is 11.1 Å². The summed E-state index contributed by atoms with van der Waals surface area (Å²) >= 11 is 5.89. The standard InChI is InChI=1S/C16H13ClF4N2O2/c17-13-2-1-12(18)6-11(13)7-14(24)23-8-10-3-4-22-15(5-10)25-9-16(19,20)21/h1-6H,7-9H2,(H,23,24). The van der Waals surface area contributed by atoms with Gasteiger partial charge in [-0.25, -0.2) is 9.37 Å². The molecule has 0 saturated heterocycles. The van der Waals surface area contributed by atoms with E-state index in [9.17, 15) is 22.4 Å². The average Bonchev–Trinajstić information content (AvgIpc) is 2.54. The van der Waals surface area contributed by atoms with Crippen molar-refractivity contribution in [3.8, 4) is 5.88 Å². The second-order valence-electron chi connectivity index (χ2n) is 5.10. The van der Waals surface area contributed by atoms with Crippen molar-refractivity contribution in [1.29, 1.82) is 0 Å². The summed E-state index contributed by atoms with van der Waals surface area (Å²) in [6.45, 7) is -1.40. The molecule has 0 aliphatic rings. The molecule has 0 bridgehead atoms. The minimum atomic E-state index is -4.46. The minimum absolute atomic E-state index is 0.0522. The van der Waals surface area contributed by atoms with Crippen molar-refractivity contribution in [1.82, 2.24) is 10.3 Å². The normalized spacial score (nSPS) is 11.2. The highest BCUT2D eigenvalue weighted by Gasteiger charge is 2.28. The summed E-state index contributed by atoms with van der Waals surface area (Å²) in [7, 11) is 0. The van der Waals surface area contributed by atoms with Gasteiger partial charge in [-0.2, -0.15) is 13.2 Å². The lowest BCUT2D eigenvalue weighted by Gasteiger charge is -2.10. The number of hydrogen-bond acceptors (Lipinski definition) is 3. The highest BCUT2D eigenvalue weighted by atomic mass is 35.5. The van der Waals surface area contributed by atoms with Crippen LogP contribution in [0, 0.1) is 5.82 Å². The van der Waals surface area contributed by atoms with Gasteiger partial charge in [0.2, 0.25) is 11.8 Å². The molecule has 134 valence electrons. The van der Waals surface area contributed by atoms with Gasteiger partial charge in [0.15, 0.2) is 6.61 Å². The third kappa shape index (κ3) is 6.58. The lowest BCUT2D eigenvalue weighted by Crippen LogP contribution is -2.25. The number of nitrogens with one attached hydrogen (secondary N) is 1. The number of nitrogens with zero attached hydrogens (tertiary/aromatic N) is 1. The summed E-state index contributed by atoms with van der Waals surface area (Å²) in [5, 5.41) is 2.84. The van der Waals surface area contributed by atoms with Crippen LogP contribution in [0.3, 0.4) is 0 Å². The van der Waals surface area contributed by atoms with Crippen molar-refractivity contribution in [2.24, 2.45) is 0 Å². The number of aromatic nitrogens is 1. The Kier molecular flexibility index (Phi) is 6.19. The molecule has 1 N–H and O–H groups in total. The molecule has 0 saturated carbocycles. The lowest BCUT2D eigenvalue weighted by atomic mass is 10.1. The predicted molar refractivity (Wildman–Crippen MR) is 82.7 cm³/mol. The minimum Gasteiger partial charge on any atom is -0.468 e. The van der Waals surface area contributed by atoms with Crippen LogP contribution in [0.25, 0.3) is 0 Å². The van der Waals surface area contributed by atoms with Crippen molar-refractivity contribution in [3.63, 3.8) is 0 Å². The molecule has 1 aromatic heterocycles. The first-order chi connectivity index (χ1) is 11.7. The van der Waals surface area contributed by atoms with E-state index in [1.54, 1.807) is 0 Å². The molecular weight excluding hydrogens is 364 g/mol. The van der Waals surface area contributed by atoms with Crippen LogP contribution in [0.2, 0.25) is 5.02 Å². The monoisotopic (exact) mass is 376 g/mol. The zero-order valence-corrected chi connectivity index (χ0v) is 13.5. The smallest absolute Gasteiger partial charge is 0.422 e. The molecule has 0 aliphatic heterocycles. The fourth-order valence-electron chi connectivity index (χ4n) is 1.91. The van der Waals surface area contributed by atoms with Gasteiger partial charge in [-0.1, -0.05) is 11.6 Å². The molecule has 0 aliphatic carbocycles. The summed E-state index contributed by atoms with van der Waals surface area (Å²) in [5.74, 6) is -1.12. The fraction of sp³-hybridized carbons (Fsp3) is 0.250. The number of halogens is 5. The largest absolute Gasteiger partial charge is 0.468 e. The molecule has 2 aromatic rings. The lowest BCUT2D eigenvalue weighted by molar-refractivity contribution is -0.154. The van der Waals surface area contributed by atoms with Crippen molar-refractivity contribution in [2.75, 3.05) is 6.61 Å². The number of carbonyl (C=O) groups excluding carboxylic acids is 1. The summed E-state index contributed by atoms with van der Waals surface area (Å²) < 4.78 is 54.0. The van der Waals surface area contributed by atoms with Crippen molar-refractivity contribution in [3.05, 3.63) is 58.5 Å². The summed E-state index contributed by atoms with van der Waals surface area (Å²) in [4.78, 5) is 15.6. The first-order valence-electron chi connectivity index (χ1n) is 7.08. The van der Waals surface area contributed by atoms with E-state index in [0.717, 1.165) is 6.07 Å². The van der Waals surface area contributed by atoms with Gasteiger partial charge in [-0.15, -0.1) is 0 Å². The van der Waals surface area contributed by atoms with Crippen LogP contribution >= 0.6 is 11.6 Å². The Hall–Kier alpha value is -2.35. The average molecular weight is 377 g/mol. The molecule has 4 nitrogen and oxygen atoms in total. The molecule has 2 rings (SSSR count). The Morgan fingerprint density at radius 2 is 2.00 bits per heavy atom. The molecule has 25 heavy (non-hydrogen) atoms. The van der Waals surface area contributed by atoms with E-state index in [1.165, 1.54) is 30.5 Å². The van der Waals surface area contributed by atoms with Gasteiger partial charge in [0.25, 0.3) is 0 Å². The molecule has 0 spiro atoms. The van der Waals surface area contributed by atoms with Crippen molar-refractivity contribution >= 4 is 17.5 Å². The van der Waals surface area contributed by atoms with E-state index >= 15 is 0 Å². The number of amides is 1. The van der Waals surface area contributed by atoms with Crippen LogP contribution in [0.4, 0.5) is 17.6 Å². The SMILES string of the molecule is O=C(Cc1cc(F)ccc1Cl)NCc1ccnc(OCC(F)(F)F)c1. The quantitative estimate of drug-likeness (QED) is 0.783. The van der Waals surface area contributed by atoms with Gasteiger partial charge in [0.05, 0.1) is 6.42 Å². The number of pyridine rings is 1. The zero-order chi connectivity index (χ0) is 18.4. The molecular formula is C16H13ClF4N2O2. The Labute approximate surface area is 145 Å². The van der Waals surface area contributed by atoms with Crippen LogP contribution in [-0.4, -0.2) is 23.7 Å². The Morgan fingerprint density at radius 1 is 1.24 bits per heavy atom. The van der Waals surface area contributed by atoms with Gasteiger partial charge in [-0.05, 0) is 35.4 Å². The first kappa shape index (κ1) is 19.0. The van der Waals surface area contributed by atoms with E-state index in [4.69, 9.17) is 11.6 Å². The van der Waals surface area contributed by atoms with E-state index in [0.29, 0.717) is 11.1 Å². The number of ether oxygens (including phenoxy) is 1. The van der Waals surface area contributed by atoms with Gasteiger partial charge in [-0.3, -0.25) is 4.79 Å². The van der Waals surface area contributed by atoms with E-state index < -0.39 is 24.5 Å². The third-order valence-electron chi connectivity index (χ3n) is 3.03. The molecule has 0 atom stereocenters. The third-order valence-corrected chi connectivity index (χ3v) is 3.40. The van der Waals surface area contributed by atoms with Crippen LogP contribution in [0.15, 0.2) is 36.5 Å².